The normalized spacial score (nSPS) is 10.3. The standard InChI is InChI=1S/C18H16N4OS/c1-23-16-10-6-5-9-15(16)17-20-21-18(24-12-11-19)22(17)13-14-7-3-2-4-8-14/h2-10H,12-13H2,1H3. The Morgan fingerprint density at radius 1 is 1.08 bits per heavy atom. The van der Waals surface area contributed by atoms with Gasteiger partial charge in [-0.3, -0.25) is 4.57 Å². The molecule has 0 aliphatic rings. The van der Waals surface area contributed by atoms with Crippen molar-refractivity contribution in [2.24, 2.45) is 0 Å². The molecular formula is C18H16N4OS. The SMILES string of the molecule is COc1ccccc1-c1nnc(SCC#N)n1Cc1ccccc1. The maximum absolute atomic E-state index is 8.87. The minimum absolute atomic E-state index is 0.332. The van der Waals surface area contributed by atoms with Crippen LogP contribution in [0.1, 0.15) is 5.56 Å². The second kappa shape index (κ2) is 7.66. The molecule has 0 unspecified atom stereocenters. The molecule has 0 amide bonds. The van der Waals surface area contributed by atoms with Crippen molar-refractivity contribution in [1.82, 2.24) is 14.8 Å². The summed E-state index contributed by atoms with van der Waals surface area (Å²) >= 11 is 1.38. The number of rotatable bonds is 6. The molecule has 0 saturated carbocycles. The minimum atomic E-state index is 0.332. The highest BCUT2D eigenvalue weighted by molar-refractivity contribution is 7.99. The highest BCUT2D eigenvalue weighted by Gasteiger charge is 2.17. The number of benzene rings is 2. The predicted molar refractivity (Wildman–Crippen MR) is 93.9 cm³/mol. The molecular weight excluding hydrogens is 320 g/mol. The van der Waals surface area contributed by atoms with Crippen LogP contribution < -0.4 is 4.74 Å². The van der Waals surface area contributed by atoms with E-state index in [2.05, 4.69) is 28.4 Å². The van der Waals surface area contributed by atoms with E-state index in [-0.39, 0.29) is 0 Å². The van der Waals surface area contributed by atoms with Crippen molar-refractivity contribution in [3.05, 3.63) is 60.2 Å². The largest absolute Gasteiger partial charge is 0.496 e. The molecule has 6 heteroatoms. The Morgan fingerprint density at radius 3 is 2.58 bits per heavy atom. The van der Waals surface area contributed by atoms with Crippen molar-refractivity contribution in [3.63, 3.8) is 0 Å². The van der Waals surface area contributed by atoms with Crippen molar-refractivity contribution in [2.45, 2.75) is 11.7 Å². The molecule has 0 aliphatic carbocycles. The summed E-state index contributed by atoms with van der Waals surface area (Å²) in [7, 11) is 1.64. The van der Waals surface area contributed by atoms with Crippen molar-refractivity contribution < 1.29 is 4.74 Å². The first-order valence-corrected chi connectivity index (χ1v) is 8.42. The first-order valence-electron chi connectivity index (χ1n) is 7.43. The van der Waals surface area contributed by atoms with Crippen LogP contribution in [0.15, 0.2) is 59.8 Å². The van der Waals surface area contributed by atoms with Gasteiger partial charge in [0.25, 0.3) is 0 Å². The quantitative estimate of drug-likeness (QED) is 0.643. The van der Waals surface area contributed by atoms with E-state index in [1.54, 1.807) is 7.11 Å². The van der Waals surface area contributed by atoms with Gasteiger partial charge in [0.05, 0.1) is 31.0 Å². The average molecular weight is 336 g/mol. The van der Waals surface area contributed by atoms with Gasteiger partial charge >= 0.3 is 0 Å². The van der Waals surface area contributed by atoms with Crippen LogP contribution in [0.25, 0.3) is 11.4 Å². The molecule has 0 radical (unpaired) electrons. The third kappa shape index (κ3) is 3.42. The number of aromatic nitrogens is 3. The van der Waals surface area contributed by atoms with Crippen molar-refractivity contribution in [2.75, 3.05) is 12.9 Å². The summed E-state index contributed by atoms with van der Waals surface area (Å²) in [6.07, 6.45) is 0. The number of nitriles is 1. The van der Waals surface area contributed by atoms with Crippen LogP contribution in [0.4, 0.5) is 0 Å². The topological polar surface area (TPSA) is 63.7 Å². The smallest absolute Gasteiger partial charge is 0.192 e. The Hall–Kier alpha value is -2.78. The lowest BCUT2D eigenvalue weighted by Crippen LogP contribution is -2.05. The zero-order chi connectivity index (χ0) is 16.8. The average Bonchev–Trinajstić information content (AvgIpc) is 3.03. The second-order valence-corrected chi connectivity index (χ2v) is 5.97. The molecule has 5 nitrogen and oxygen atoms in total. The highest BCUT2D eigenvalue weighted by atomic mass is 32.2. The van der Waals surface area contributed by atoms with Gasteiger partial charge in [-0.25, -0.2) is 0 Å². The van der Waals surface area contributed by atoms with Crippen LogP contribution in [0.5, 0.6) is 5.75 Å². The van der Waals surface area contributed by atoms with Gasteiger partial charge in [0.15, 0.2) is 11.0 Å². The van der Waals surface area contributed by atoms with Crippen molar-refractivity contribution in [3.8, 4) is 23.2 Å². The van der Waals surface area contributed by atoms with Crippen LogP contribution >= 0.6 is 11.8 Å². The lowest BCUT2D eigenvalue weighted by molar-refractivity contribution is 0.416. The summed E-state index contributed by atoms with van der Waals surface area (Å²) in [5.41, 5.74) is 2.03. The number of thioether (sulfide) groups is 1. The Bertz CT molecular complexity index is 855. The van der Waals surface area contributed by atoms with Crippen LogP contribution in [-0.4, -0.2) is 27.6 Å². The van der Waals surface area contributed by atoms with Gasteiger partial charge in [0.1, 0.15) is 5.75 Å². The molecule has 1 aromatic heterocycles. The first-order chi connectivity index (χ1) is 11.8. The van der Waals surface area contributed by atoms with Crippen LogP contribution in [0.3, 0.4) is 0 Å². The van der Waals surface area contributed by atoms with E-state index in [9.17, 15) is 0 Å². The third-order valence-electron chi connectivity index (χ3n) is 3.51. The van der Waals surface area contributed by atoms with E-state index < -0.39 is 0 Å². The second-order valence-electron chi connectivity index (χ2n) is 5.02. The summed E-state index contributed by atoms with van der Waals surface area (Å²) in [6, 6.07) is 20.0. The fourth-order valence-corrected chi connectivity index (χ4v) is 3.03. The summed E-state index contributed by atoms with van der Waals surface area (Å²) in [5.74, 6) is 1.81. The van der Waals surface area contributed by atoms with Gasteiger partial charge in [0, 0.05) is 0 Å². The maximum atomic E-state index is 8.87. The van der Waals surface area contributed by atoms with Crippen LogP contribution in [0.2, 0.25) is 0 Å². The summed E-state index contributed by atoms with van der Waals surface area (Å²) in [6.45, 7) is 0.634. The molecule has 24 heavy (non-hydrogen) atoms. The van der Waals surface area contributed by atoms with E-state index in [0.29, 0.717) is 12.3 Å². The number of nitrogens with zero attached hydrogens (tertiary/aromatic N) is 4. The van der Waals surface area contributed by atoms with Gasteiger partial charge in [-0.15, -0.1) is 10.2 Å². The maximum Gasteiger partial charge on any atom is 0.192 e. The van der Waals surface area contributed by atoms with E-state index in [1.807, 2.05) is 47.0 Å². The molecule has 0 N–H and O–H groups in total. The number of ether oxygens (including phenoxy) is 1. The molecule has 0 atom stereocenters. The van der Waals surface area contributed by atoms with Gasteiger partial charge in [-0.05, 0) is 17.7 Å². The molecule has 0 saturated heterocycles. The Balaban J connectivity index is 2.06. The zero-order valence-corrected chi connectivity index (χ0v) is 14.0. The Kier molecular flexibility index (Phi) is 5.14. The fourth-order valence-electron chi connectivity index (χ4n) is 2.43. The number of hydrogen-bond acceptors (Lipinski definition) is 5. The molecule has 1 heterocycles. The lowest BCUT2D eigenvalue weighted by atomic mass is 10.1. The lowest BCUT2D eigenvalue weighted by Gasteiger charge is -2.12. The van der Waals surface area contributed by atoms with E-state index in [1.165, 1.54) is 11.8 Å². The van der Waals surface area contributed by atoms with Gasteiger partial charge in [0.2, 0.25) is 0 Å². The molecule has 120 valence electrons. The van der Waals surface area contributed by atoms with E-state index >= 15 is 0 Å². The third-order valence-corrected chi connectivity index (χ3v) is 4.35. The summed E-state index contributed by atoms with van der Waals surface area (Å²) < 4.78 is 7.48. The Labute approximate surface area is 144 Å². The first kappa shape index (κ1) is 16.1. The van der Waals surface area contributed by atoms with Gasteiger partial charge in [-0.2, -0.15) is 5.26 Å². The van der Waals surface area contributed by atoms with Gasteiger partial charge in [-0.1, -0.05) is 54.2 Å². The Morgan fingerprint density at radius 2 is 1.83 bits per heavy atom. The number of methoxy groups -OCH3 is 1. The van der Waals surface area contributed by atoms with E-state index in [4.69, 9.17) is 10.00 Å². The minimum Gasteiger partial charge on any atom is -0.496 e. The molecule has 0 spiro atoms. The van der Waals surface area contributed by atoms with Gasteiger partial charge < -0.3 is 4.74 Å². The molecule has 0 bridgehead atoms. The van der Waals surface area contributed by atoms with Crippen LogP contribution in [-0.2, 0) is 6.54 Å². The van der Waals surface area contributed by atoms with Crippen LogP contribution in [0, 0.1) is 11.3 Å². The number of hydrogen-bond donors (Lipinski definition) is 0. The fraction of sp³-hybridized carbons (Fsp3) is 0.167. The molecule has 0 fully saturated rings. The monoisotopic (exact) mass is 336 g/mol. The number of para-hydroxylation sites is 1. The van der Waals surface area contributed by atoms with E-state index in [0.717, 1.165) is 27.9 Å². The highest BCUT2D eigenvalue weighted by Crippen LogP contribution is 2.31. The molecule has 2 aromatic carbocycles. The summed E-state index contributed by atoms with van der Waals surface area (Å²) in [4.78, 5) is 0. The molecule has 3 rings (SSSR count). The van der Waals surface area contributed by atoms with Crippen molar-refractivity contribution >= 4 is 11.8 Å². The molecule has 3 aromatic rings. The molecule has 0 aliphatic heterocycles. The van der Waals surface area contributed by atoms with Crippen molar-refractivity contribution in [1.29, 1.82) is 5.26 Å². The zero-order valence-electron chi connectivity index (χ0n) is 13.2. The summed E-state index contributed by atoms with van der Waals surface area (Å²) in [5, 5.41) is 18.2. The predicted octanol–water partition coefficient (Wildman–Crippen LogP) is 3.62.